The number of nitrogens with one attached hydrogen (secondary N) is 1. The second kappa shape index (κ2) is 4.94. The summed E-state index contributed by atoms with van der Waals surface area (Å²) in [6, 6.07) is 18.6. The van der Waals surface area contributed by atoms with Crippen LogP contribution in [0.1, 0.15) is 35.1 Å². The van der Waals surface area contributed by atoms with Crippen LogP contribution in [0, 0.1) is 13.8 Å². The number of fused-ring (bicyclic) bond motifs is 7. The molecule has 1 saturated heterocycles. The Morgan fingerprint density at radius 2 is 1.67 bits per heavy atom. The van der Waals surface area contributed by atoms with Crippen molar-refractivity contribution in [1.29, 1.82) is 0 Å². The van der Waals surface area contributed by atoms with Crippen molar-refractivity contribution in [3.63, 3.8) is 0 Å². The normalized spacial score (nSPS) is 17.9. The van der Waals surface area contributed by atoms with E-state index in [0.29, 0.717) is 0 Å². The molecule has 1 N–H and O–H groups in total. The Labute approximate surface area is 143 Å². The predicted octanol–water partition coefficient (Wildman–Crippen LogP) is 5.11. The number of piperidine rings is 1. The van der Waals surface area contributed by atoms with E-state index in [1.54, 1.807) is 11.1 Å². The van der Waals surface area contributed by atoms with Crippen LogP contribution in [0.25, 0.3) is 21.9 Å². The minimum atomic E-state index is 0.208. The van der Waals surface area contributed by atoms with Crippen molar-refractivity contribution >= 4 is 10.8 Å². The molecule has 1 heteroatoms. The smallest absolute Gasteiger partial charge is 0.0239 e. The first-order chi connectivity index (χ1) is 11.7. The third kappa shape index (κ3) is 1.74. The van der Waals surface area contributed by atoms with Gasteiger partial charge in [-0.15, -0.1) is 0 Å². The van der Waals surface area contributed by atoms with Gasteiger partial charge in [-0.3, -0.25) is 0 Å². The molecule has 0 radical (unpaired) electrons. The van der Waals surface area contributed by atoms with Crippen LogP contribution in [0.15, 0.2) is 48.5 Å². The van der Waals surface area contributed by atoms with Crippen molar-refractivity contribution < 1.29 is 0 Å². The van der Waals surface area contributed by atoms with Gasteiger partial charge in [-0.25, -0.2) is 0 Å². The van der Waals surface area contributed by atoms with Crippen molar-refractivity contribution in [2.45, 2.75) is 32.1 Å². The zero-order chi connectivity index (χ0) is 16.3. The highest BCUT2D eigenvalue weighted by molar-refractivity contribution is 6.03. The first-order valence-electron chi connectivity index (χ1n) is 9.06. The largest absolute Gasteiger partial charge is 0.317 e. The second-order valence-corrected chi connectivity index (χ2v) is 7.54. The van der Waals surface area contributed by atoms with E-state index in [1.165, 1.54) is 45.9 Å². The summed E-state index contributed by atoms with van der Waals surface area (Å²) < 4.78 is 0. The lowest BCUT2D eigenvalue weighted by molar-refractivity contribution is 0.369. The molecule has 0 unspecified atom stereocenters. The molecular formula is C23H23N. The van der Waals surface area contributed by atoms with Crippen LogP contribution in [0.5, 0.6) is 0 Å². The summed E-state index contributed by atoms with van der Waals surface area (Å²) in [5, 5.41) is 6.38. The van der Waals surface area contributed by atoms with Gasteiger partial charge in [0.2, 0.25) is 0 Å². The van der Waals surface area contributed by atoms with E-state index in [1.807, 2.05) is 0 Å². The van der Waals surface area contributed by atoms with Crippen molar-refractivity contribution in [3.8, 4) is 11.1 Å². The average molecular weight is 313 g/mol. The molecule has 3 aromatic rings. The van der Waals surface area contributed by atoms with Gasteiger partial charge in [-0.05, 0) is 78.4 Å². The van der Waals surface area contributed by atoms with E-state index in [9.17, 15) is 0 Å². The standard InChI is InChI=1S/C23H23N/c1-15-6-7-19-21(14-15)23(10-12-24-13-11-23)20-9-8-17-16(2)4-3-5-18(17)22(19)20/h3-9,14,24H,10-13H2,1-2H3. The van der Waals surface area contributed by atoms with E-state index in [-0.39, 0.29) is 5.41 Å². The van der Waals surface area contributed by atoms with Gasteiger partial charge in [0.05, 0.1) is 0 Å². The number of hydrogen-bond donors (Lipinski definition) is 1. The zero-order valence-electron chi connectivity index (χ0n) is 14.4. The highest BCUT2D eigenvalue weighted by Crippen LogP contribution is 2.55. The Balaban J connectivity index is 1.92. The fraction of sp³-hybridized carbons (Fsp3) is 0.304. The molecule has 1 nitrogen and oxygen atoms in total. The summed E-state index contributed by atoms with van der Waals surface area (Å²) in [5.74, 6) is 0. The molecule has 1 aliphatic heterocycles. The maximum atomic E-state index is 3.56. The summed E-state index contributed by atoms with van der Waals surface area (Å²) in [7, 11) is 0. The van der Waals surface area contributed by atoms with Crippen LogP contribution in [0.3, 0.4) is 0 Å². The molecule has 1 spiro atoms. The first-order valence-corrected chi connectivity index (χ1v) is 9.06. The summed E-state index contributed by atoms with van der Waals surface area (Å²) in [6.45, 7) is 6.66. The maximum absolute atomic E-state index is 3.56. The molecular weight excluding hydrogens is 290 g/mol. The number of aryl methyl sites for hydroxylation is 2. The third-order valence-corrected chi connectivity index (χ3v) is 6.21. The zero-order valence-corrected chi connectivity index (χ0v) is 14.4. The van der Waals surface area contributed by atoms with Gasteiger partial charge >= 0.3 is 0 Å². The molecule has 120 valence electrons. The highest BCUT2D eigenvalue weighted by Gasteiger charge is 2.44. The first kappa shape index (κ1) is 14.2. The van der Waals surface area contributed by atoms with E-state index >= 15 is 0 Å². The number of hydrogen-bond acceptors (Lipinski definition) is 1. The lowest BCUT2D eigenvalue weighted by atomic mass is 9.71. The van der Waals surface area contributed by atoms with E-state index in [2.05, 4.69) is 67.7 Å². The van der Waals surface area contributed by atoms with Gasteiger partial charge in [0.25, 0.3) is 0 Å². The van der Waals surface area contributed by atoms with Crippen LogP contribution in [-0.2, 0) is 5.41 Å². The second-order valence-electron chi connectivity index (χ2n) is 7.54. The van der Waals surface area contributed by atoms with Crippen LogP contribution in [0.2, 0.25) is 0 Å². The quantitative estimate of drug-likeness (QED) is 0.608. The predicted molar refractivity (Wildman–Crippen MR) is 102 cm³/mol. The van der Waals surface area contributed by atoms with E-state index in [0.717, 1.165) is 13.1 Å². The van der Waals surface area contributed by atoms with E-state index < -0.39 is 0 Å². The number of benzene rings is 3. The number of rotatable bonds is 0. The lowest BCUT2D eigenvalue weighted by Gasteiger charge is -2.36. The average Bonchev–Trinajstić information content (AvgIpc) is 2.86. The van der Waals surface area contributed by atoms with Gasteiger partial charge in [0.15, 0.2) is 0 Å². The molecule has 0 amide bonds. The SMILES string of the molecule is Cc1ccc2c(c1)C1(CCNCC1)c1ccc3c(C)cccc3c1-2. The summed E-state index contributed by atoms with van der Waals surface area (Å²) in [4.78, 5) is 0. The van der Waals surface area contributed by atoms with E-state index in [4.69, 9.17) is 0 Å². The summed E-state index contributed by atoms with van der Waals surface area (Å²) in [5.41, 5.74) is 9.03. The molecule has 0 atom stereocenters. The highest BCUT2D eigenvalue weighted by atomic mass is 14.9. The van der Waals surface area contributed by atoms with Gasteiger partial charge in [-0.2, -0.15) is 0 Å². The van der Waals surface area contributed by atoms with Crippen LogP contribution in [-0.4, -0.2) is 13.1 Å². The van der Waals surface area contributed by atoms with Crippen molar-refractivity contribution in [2.24, 2.45) is 0 Å². The van der Waals surface area contributed by atoms with Crippen LogP contribution < -0.4 is 5.32 Å². The molecule has 2 aliphatic rings. The van der Waals surface area contributed by atoms with Gasteiger partial charge < -0.3 is 5.32 Å². The Kier molecular flexibility index (Phi) is 2.93. The van der Waals surface area contributed by atoms with Crippen LogP contribution in [0.4, 0.5) is 0 Å². The van der Waals surface area contributed by atoms with Gasteiger partial charge in [-0.1, -0.05) is 54.1 Å². The fourth-order valence-corrected chi connectivity index (χ4v) is 5.01. The molecule has 5 rings (SSSR count). The Bertz CT molecular complexity index is 961. The molecule has 1 fully saturated rings. The Hall–Kier alpha value is -2.12. The monoisotopic (exact) mass is 313 g/mol. The molecule has 1 aliphatic carbocycles. The molecule has 0 saturated carbocycles. The summed E-state index contributed by atoms with van der Waals surface area (Å²) in [6.07, 6.45) is 2.40. The van der Waals surface area contributed by atoms with Crippen molar-refractivity contribution in [2.75, 3.05) is 13.1 Å². The fourth-order valence-electron chi connectivity index (χ4n) is 5.01. The molecule has 3 aromatic carbocycles. The van der Waals surface area contributed by atoms with Crippen molar-refractivity contribution in [3.05, 3.63) is 70.8 Å². The minimum Gasteiger partial charge on any atom is -0.317 e. The molecule has 1 heterocycles. The molecule has 24 heavy (non-hydrogen) atoms. The third-order valence-electron chi connectivity index (χ3n) is 6.21. The lowest BCUT2D eigenvalue weighted by Crippen LogP contribution is -2.39. The Morgan fingerprint density at radius 1 is 0.833 bits per heavy atom. The van der Waals surface area contributed by atoms with Gasteiger partial charge in [0, 0.05) is 5.41 Å². The van der Waals surface area contributed by atoms with Gasteiger partial charge in [0.1, 0.15) is 0 Å². The minimum absolute atomic E-state index is 0.208. The maximum Gasteiger partial charge on any atom is 0.0239 e. The Morgan fingerprint density at radius 3 is 2.50 bits per heavy atom. The topological polar surface area (TPSA) is 12.0 Å². The van der Waals surface area contributed by atoms with Crippen molar-refractivity contribution in [1.82, 2.24) is 5.32 Å². The summed E-state index contributed by atoms with van der Waals surface area (Å²) >= 11 is 0. The molecule has 0 bridgehead atoms. The molecule has 0 aromatic heterocycles. The van der Waals surface area contributed by atoms with Crippen LogP contribution >= 0.6 is 0 Å².